The largest absolute Gasteiger partial charge is 0.481 e. The molecule has 0 heterocycles. The SMILES string of the molecule is O=C(O)CCC(O)Cl. The molecule has 0 aliphatic heterocycles. The predicted molar refractivity (Wildman–Crippen MR) is 28.7 cm³/mol. The third-order valence-electron chi connectivity index (χ3n) is 0.596. The van der Waals surface area contributed by atoms with E-state index in [9.17, 15) is 4.79 Å². The highest BCUT2D eigenvalue weighted by Gasteiger charge is 2.01. The molecule has 0 spiro atoms. The van der Waals surface area contributed by atoms with Crippen molar-refractivity contribution in [2.24, 2.45) is 0 Å². The Morgan fingerprint density at radius 3 is 2.38 bits per heavy atom. The number of carbonyl (C=O) groups is 1. The molecule has 0 bridgehead atoms. The molecule has 0 fully saturated rings. The van der Waals surface area contributed by atoms with Crippen LogP contribution in [-0.4, -0.2) is 21.7 Å². The molecule has 3 nitrogen and oxygen atoms in total. The molecule has 0 aromatic carbocycles. The zero-order valence-corrected chi connectivity index (χ0v) is 4.93. The molecule has 8 heavy (non-hydrogen) atoms. The molecular formula is C4H7ClO3. The highest BCUT2D eigenvalue weighted by Crippen LogP contribution is 1.99. The fourth-order valence-electron chi connectivity index (χ4n) is 0.243. The molecule has 0 radical (unpaired) electrons. The van der Waals surface area contributed by atoms with Gasteiger partial charge < -0.3 is 10.2 Å². The van der Waals surface area contributed by atoms with Crippen molar-refractivity contribution < 1.29 is 15.0 Å². The van der Waals surface area contributed by atoms with Crippen molar-refractivity contribution in [1.82, 2.24) is 0 Å². The van der Waals surface area contributed by atoms with Crippen LogP contribution in [0.2, 0.25) is 0 Å². The highest BCUT2D eigenvalue weighted by molar-refractivity contribution is 6.19. The van der Waals surface area contributed by atoms with Gasteiger partial charge in [0.15, 0.2) is 0 Å². The molecular weight excluding hydrogens is 131 g/mol. The summed E-state index contributed by atoms with van der Waals surface area (Å²) in [6, 6.07) is 0. The van der Waals surface area contributed by atoms with Crippen LogP contribution in [0.15, 0.2) is 0 Å². The second-order valence-corrected chi connectivity index (χ2v) is 1.87. The average Bonchev–Trinajstić information content (AvgIpc) is 1.61. The van der Waals surface area contributed by atoms with Crippen LogP contribution in [0.3, 0.4) is 0 Å². The van der Waals surface area contributed by atoms with Gasteiger partial charge in [0.25, 0.3) is 0 Å². The van der Waals surface area contributed by atoms with Crippen LogP contribution in [0, 0.1) is 0 Å². The van der Waals surface area contributed by atoms with Crippen molar-refractivity contribution in [2.45, 2.75) is 18.4 Å². The topological polar surface area (TPSA) is 57.5 Å². The van der Waals surface area contributed by atoms with Crippen LogP contribution in [0.4, 0.5) is 0 Å². The molecule has 0 aliphatic rings. The quantitative estimate of drug-likeness (QED) is 0.556. The Morgan fingerprint density at radius 2 is 2.25 bits per heavy atom. The van der Waals surface area contributed by atoms with E-state index in [1.165, 1.54) is 0 Å². The molecule has 1 unspecified atom stereocenters. The molecule has 0 saturated heterocycles. The molecule has 0 aromatic heterocycles. The van der Waals surface area contributed by atoms with E-state index in [1.807, 2.05) is 0 Å². The Morgan fingerprint density at radius 1 is 1.75 bits per heavy atom. The molecule has 0 aliphatic carbocycles. The van der Waals surface area contributed by atoms with Crippen molar-refractivity contribution in [1.29, 1.82) is 0 Å². The zero-order valence-electron chi connectivity index (χ0n) is 4.17. The standard InChI is InChI=1S/C4H7ClO3/c5-3(6)1-2-4(7)8/h3,6H,1-2H2,(H,7,8). The van der Waals surface area contributed by atoms with Gasteiger partial charge in [0.2, 0.25) is 0 Å². The van der Waals surface area contributed by atoms with Gasteiger partial charge in [-0.15, -0.1) is 0 Å². The number of carboxylic acid groups (broad SMARTS) is 1. The third-order valence-corrected chi connectivity index (χ3v) is 0.815. The lowest BCUT2D eigenvalue weighted by molar-refractivity contribution is -0.137. The Bertz CT molecular complexity index is 81.4. The lowest BCUT2D eigenvalue weighted by Gasteiger charge is -1.94. The van der Waals surface area contributed by atoms with E-state index in [-0.39, 0.29) is 12.8 Å². The second-order valence-electron chi connectivity index (χ2n) is 1.37. The van der Waals surface area contributed by atoms with E-state index < -0.39 is 11.5 Å². The van der Waals surface area contributed by atoms with Gasteiger partial charge in [0, 0.05) is 6.42 Å². The Balaban J connectivity index is 3.05. The third kappa shape index (κ3) is 5.72. The minimum atomic E-state index is -1.02. The maximum absolute atomic E-state index is 9.73. The lowest BCUT2D eigenvalue weighted by atomic mass is 10.3. The van der Waals surface area contributed by atoms with Crippen LogP contribution < -0.4 is 0 Å². The average molecular weight is 139 g/mol. The number of hydrogen-bond donors (Lipinski definition) is 2. The van der Waals surface area contributed by atoms with Crippen LogP contribution in [-0.2, 0) is 4.79 Å². The molecule has 0 amide bonds. The van der Waals surface area contributed by atoms with Gasteiger partial charge >= 0.3 is 5.97 Å². The monoisotopic (exact) mass is 138 g/mol. The van der Waals surface area contributed by atoms with Gasteiger partial charge in [-0.05, 0) is 6.42 Å². The zero-order chi connectivity index (χ0) is 6.57. The van der Waals surface area contributed by atoms with Crippen LogP contribution in [0.5, 0.6) is 0 Å². The van der Waals surface area contributed by atoms with E-state index >= 15 is 0 Å². The van der Waals surface area contributed by atoms with Crippen molar-refractivity contribution in [3.63, 3.8) is 0 Å². The van der Waals surface area contributed by atoms with Gasteiger partial charge in [-0.3, -0.25) is 4.79 Å². The number of halogens is 1. The summed E-state index contributed by atoms with van der Waals surface area (Å²) in [5, 5.41) is 16.3. The minimum Gasteiger partial charge on any atom is -0.481 e. The van der Waals surface area contributed by atoms with Gasteiger partial charge in [-0.2, -0.15) is 0 Å². The van der Waals surface area contributed by atoms with E-state index in [1.54, 1.807) is 0 Å². The van der Waals surface area contributed by atoms with E-state index in [4.69, 9.17) is 21.8 Å². The molecule has 4 heteroatoms. The Labute approximate surface area is 51.9 Å². The minimum absolute atomic E-state index is 0.0787. The highest BCUT2D eigenvalue weighted by atomic mass is 35.5. The molecule has 0 aromatic rings. The van der Waals surface area contributed by atoms with Crippen LogP contribution in [0.25, 0.3) is 0 Å². The first-order valence-electron chi connectivity index (χ1n) is 2.17. The first kappa shape index (κ1) is 7.72. The molecule has 48 valence electrons. The van der Waals surface area contributed by atoms with Crippen molar-refractivity contribution in [3.8, 4) is 0 Å². The summed E-state index contributed by atoms with van der Waals surface area (Å²) in [5.74, 6) is -0.940. The Hall–Kier alpha value is -0.280. The van der Waals surface area contributed by atoms with Crippen molar-refractivity contribution in [3.05, 3.63) is 0 Å². The first-order valence-corrected chi connectivity index (χ1v) is 2.60. The van der Waals surface area contributed by atoms with Crippen LogP contribution >= 0.6 is 11.6 Å². The summed E-state index contributed by atoms with van der Waals surface area (Å²) < 4.78 is 0. The first-order chi connectivity index (χ1) is 3.63. The van der Waals surface area contributed by atoms with Crippen molar-refractivity contribution >= 4 is 17.6 Å². The maximum atomic E-state index is 9.73. The van der Waals surface area contributed by atoms with Crippen molar-refractivity contribution in [2.75, 3.05) is 0 Å². The summed E-state index contributed by atoms with van der Waals surface area (Å²) in [5.41, 5.74) is -1.02. The summed E-state index contributed by atoms with van der Waals surface area (Å²) in [6.07, 6.45) is 0.0293. The summed E-state index contributed by atoms with van der Waals surface area (Å²) >= 11 is 5.01. The summed E-state index contributed by atoms with van der Waals surface area (Å²) in [7, 11) is 0. The van der Waals surface area contributed by atoms with Crippen LogP contribution in [0.1, 0.15) is 12.8 Å². The number of aliphatic hydroxyl groups excluding tert-OH is 1. The van der Waals surface area contributed by atoms with Gasteiger partial charge in [-0.1, -0.05) is 11.6 Å². The van der Waals surface area contributed by atoms with Gasteiger partial charge in [0.05, 0.1) is 0 Å². The number of aliphatic carboxylic acids is 1. The predicted octanol–water partition coefficient (Wildman–Crippen LogP) is 0.408. The van der Waals surface area contributed by atoms with E-state index in [0.29, 0.717) is 0 Å². The Kier molecular flexibility index (Phi) is 3.56. The second kappa shape index (κ2) is 3.69. The van der Waals surface area contributed by atoms with E-state index in [2.05, 4.69) is 0 Å². The summed E-state index contributed by atoms with van der Waals surface area (Å²) in [6.45, 7) is 0. The number of rotatable bonds is 3. The molecule has 2 N–H and O–H groups in total. The molecule has 1 atom stereocenters. The fourth-order valence-corrected chi connectivity index (χ4v) is 0.352. The normalized spacial score (nSPS) is 13.2. The summed E-state index contributed by atoms with van der Waals surface area (Å²) in [4.78, 5) is 9.73. The molecule has 0 rings (SSSR count). The van der Waals surface area contributed by atoms with Gasteiger partial charge in [0.1, 0.15) is 5.56 Å². The lowest BCUT2D eigenvalue weighted by Crippen LogP contribution is -2.01. The maximum Gasteiger partial charge on any atom is 0.303 e. The van der Waals surface area contributed by atoms with E-state index in [0.717, 1.165) is 0 Å². The fraction of sp³-hybridized carbons (Fsp3) is 0.750. The smallest absolute Gasteiger partial charge is 0.303 e. The van der Waals surface area contributed by atoms with Gasteiger partial charge in [-0.25, -0.2) is 0 Å². The number of aliphatic hydroxyl groups is 1. The number of alkyl halides is 1. The number of carboxylic acids is 1. The molecule has 0 saturated carbocycles. The number of hydrogen-bond acceptors (Lipinski definition) is 2.